The third-order valence-corrected chi connectivity index (χ3v) is 7.14. The highest BCUT2D eigenvalue weighted by molar-refractivity contribution is 5.94. The highest BCUT2D eigenvalue weighted by Crippen LogP contribution is 2.29. The standard InChI is InChI=1S/C34H45F3O5/c1-3-5-7-9-10-11-12-14-15-17-26-19-24-29(30(38)25-26)33(40)41-28-22-20-27(21-23-28)32(39)42-31(34(35,36)37)18-16-13-8-6-4-2/h3,19-25,31,38H,1,4-18H2,2H3. The maximum atomic E-state index is 13.4. The van der Waals surface area contributed by atoms with Crippen molar-refractivity contribution in [3.8, 4) is 11.5 Å². The monoisotopic (exact) mass is 590 g/mol. The van der Waals surface area contributed by atoms with Crippen LogP contribution >= 0.6 is 0 Å². The summed E-state index contributed by atoms with van der Waals surface area (Å²) in [7, 11) is 0. The lowest BCUT2D eigenvalue weighted by molar-refractivity contribution is -0.206. The number of aryl methyl sites for hydroxylation is 1. The number of esters is 2. The zero-order chi connectivity index (χ0) is 30.8. The fourth-order valence-corrected chi connectivity index (χ4v) is 4.65. The highest BCUT2D eigenvalue weighted by atomic mass is 19.4. The van der Waals surface area contributed by atoms with Gasteiger partial charge in [-0.2, -0.15) is 13.2 Å². The average molecular weight is 591 g/mol. The first-order chi connectivity index (χ1) is 20.2. The Morgan fingerprint density at radius 1 is 0.857 bits per heavy atom. The van der Waals surface area contributed by atoms with Crippen molar-refractivity contribution in [3.05, 3.63) is 71.8 Å². The van der Waals surface area contributed by atoms with Gasteiger partial charge in [-0.3, -0.25) is 0 Å². The Kier molecular flexibility index (Phi) is 15.8. The SMILES string of the molecule is C=CCCCCCCCCCc1ccc(C(=O)Oc2ccc(C(=O)OC(CCCCCCC)C(F)(F)F)cc2)c(O)c1. The number of aromatic hydroxyl groups is 1. The Morgan fingerprint density at radius 2 is 1.48 bits per heavy atom. The van der Waals surface area contributed by atoms with Gasteiger partial charge < -0.3 is 14.6 Å². The van der Waals surface area contributed by atoms with Crippen LogP contribution in [0.15, 0.2) is 55.1 Å². The van der Waals surface area contributed by atoms with E-state index in [-0.39, 0.29) is 29.0 Å². The van der Waals surface area contributed by atoms with Crippen LogP contribution in [-0.4, -0.2) is 29.3 Å². The number of ether oxygens (including phenoxy) is 2. The second kappa shape index (κ2) is 19.0. The van der Waals surface area contributed by atoms with E-state index in [0.29, 0.717) is 12.8 Å². The van der Waals surface area contributed by atoms with Crippen molar-refractivity contribution in [2.24, 2.45) is 0 Å². The first-order valence-electron chi connectivity index (χ1n) is 15.2. The molecule has 1 N–H and O–H groups in total. The van der Waals surface area contributed by atoms with E-state index < -0.39 is 24.2 Å². The summed E-state index contributed by atoms with van der Waals surface area (Å²) in [5.74, 6) is -1.99. The van der Waals surface area contributed by atoms with Gasteiger partial charge in [0.25, 0.3) is 0 Å². The van der Waals surface area contributed by atoms with Crippen molar-refractivity contribution in [2.45, 2.75) is 116 Å². The topological polar surface area (TPSA) is 72.8 Å². The zero-order valence-corrected chi connectivity index (χ0v) is 24.7. The molecule has 2 rings (SSSR count). The summed E-state index contributed by atoms with van der Waals surface area (Å²) in [6, 6.07) is 9.93. The molecule has 5 nitrogen and oxygen atoms in total. The maximum Gasteiger partial charge on any atom is 0.425 e. The summed E-state index contributed by atoms with van der Waals surface area (Å²) in [4.78, 5) is 25.0. The molecule has 2 aromatic carbocycles. The molecule has 0 radical (unpaired) electrons. The third kappa shape index (κ3) is 13.1. The molecule has 0 saturated carbocycles. The molecule has 1 unspecified atom stereocenters. The van der Waals surface area contributed by atoms with Gasteiger partial charge in [0.1, 0.15) is 17.1 Å². The molecule has 0 fully saturated rings. The quantitative estimate of drug-likeness (QED) is 0.0719. The predicted molar refractivity (Wildman–Crippen MR) is 159 cm³/mol. The third-order valence-electron chi connectivity index (χ3n) is 7.14. The number of phenols is 1. The van der Waals surface area contributed by atoms with Crippen LogP contribution in [0.4, 0.5) is 13.2 Å². The Bertz CT molecular complexity index is 1100. The number of hydrogen-bond acceptors (Lipinski definition) is 5. The van der Waals surface area contributed by atoms with Crippen molar-refractivity contribution < 1.29 is 37.3 Å². The van der Waals surface area contributed by atoms with Crippen LogP contribution < -0.4 is 4.74 Å². The van der Waals surface area contributed by atoms with E-state index in [4.69, 9.17) is 9.47 Å². The number of carbonyl (C=O) groups is 2. The van der Waals surface area contributed by atoms with E-state index in [0.717, 1.165) is 50.5 Å². The molecule has 1 atom stereocenters. The summed E-state index contributed by atoms with van der Waals surface area (Å²) < 4.78 is 50.3. The lowest BCUT2D eigenvalue weighted by Gasteiger charge is -2.20. The van der Waals surface area contributed by atoms with E-state index in [1.54, 1.807) is 12.1 Å². The molecule has 232 valence electrons. The zero-order valence-electron chi connectivity index (χ0n) is 24.7. The molecule has 0 saturated heterocycles. The molecule has 0 spiro atoms. The minimum atomic E-state index is -4.65. The molecule has 2 aromatic rings. The van der Waals surface area contributed by atoms with Gasteiger partial charge in [-0.1, -0.05) is 76.9 Å². The van der Waals surface area contributed by atoms with Crippen molar-refractivity contribution in [1.29, 1.82) is 0 Å². The number of hydrogen-bond donors (Lipinski definition) is 1. The summed E-state index contributed by atoms with van der Waals surface area (Å²) in [5.41, 5.74) is 0.833. The first kappa shape index (κ1) is 34.9. The Balaban J connectivity index is 1.83. The molecule has 0 aliphatic heterocycles. The molecule has 0 aliphatic rings. The Labute approximate surface area is 248 Å². The summed E-state index contributed by atoms with van der Waals surface area (Å²) in [6.45, 7) is 5.75. The molecule has 0 bridgehead atoms. The second-order valence-corrected chi connectivity index (χ2v) is 10.7. The summed E-state index contributed by atoms with van der Waals surface area (Å²) in [5, 5.41) is 10.4. The fourth-order valence-electron chi connectivity index (χ4n) is 4.65. The number of carbonyl (C=O) groups excluding carboxylic acids is 2. The van der Waals surface area contributed by atoms with E-state index >= 15 is 0 Å². The molecular weight excluding hydrogens is 545 g/mol. The second-order valence-electron chi connectivity index (χ2n) is 10.7. The van der Waals surface area contributed by atoms with Crippen LogP contribution in [0.5, 0.6) is 11.5 Å². The lowest BCUT2D eigenvalue weighted by Crippen LogP contribution is -2.33. The van der Waals surface area contributed by atoms with Gasteiger partial charge in [0.15, 0.2) is 6.10 Å². The average Bonchev–Trinajstić information content (AvgIpc) is 2.95. The van der Waals surface area contributed by atoms with Crippen LogP contribution in [0.1, 0.15) is 123 Å². The molecular formula is C34H45F3O5. The highest BCUT2D eigenvalue weighted by Gasteiger charge is 2.42. The van der Waals surface area contributed by atoms with Crippen LogP contribution in [0.25, 0.3) is 0 Å². The summed E-state index contributed by atoms with van der Waals surface area (Å²) in [6.07, 6.45) is 8.59. The van der Waals surface area contributed by atoms with Crippen molar-refractivity contribution in [2.75, 3.05) is 0 Å². The van der Waals surface area contributed by atoms with Gasteiger partial charge in [0, 0.05) is 0 Å². The van der Waals surface area contributed by atoms with Crippen LogP contribution in [0.2, 0.25) is 0 Å². The molecule has 42 heavy (non-hydrogen) atoms. The van der Waals surface area contributed by atoms with E-state index in [1.807, 2.05) is 13.0 Å². The van der Waals surface area contributed by atoms with Gasteiger partial charge in [-0.05, 0) is 80.5 Å². The van der Waals surface area contributed by atoms with E-state index in [9.17, 15) is 27.9 Å². The predicted octanol–water partition coefficient (Wildman–Crippen LogP) is 9.91. The smallest absolute Gasteiger partial charge is 0.425 e. The molecule has 0 aliphatic carbocycles. The fraction of sp³-hybridized carbons (Fsp3) is 0.529. The first-order valence-corrected chi connectivity index (χ1v) is 15.2. The van der Waals surface area contributed by atoms with Crippen LogP contribution in [0.3, 0.4) is 0 Å². The van der Waals surface area contributed by atoms with Crippen LogP contribution in [-0.2, 0) is 11.2 Å². The van der Waals surface area contributed by atoms with Gasteiger partial charge in [0.2, 0.25) is 0 Å². The van der Waals surface area contributed by atoms with Gasteiger partial charge in [-0.25, -0.2) is 9.59 Å². The van der Waals surface area contributed by atoms with Crippen molar-refractivity contribution in [3.63, 3.8) is 0 Å². The molecule has 0 amide bonds. The lowest BCUT2D eigenvalue weighted by atomic mass is 10.0. The summed E-state index contributed by atoms with van der Waals surface area (Å²) >= 11 is 0. The molecule has 0 heterocycles. The van der Waals surface area contributed by atoms with E-state index in [2.05, 4.69) is 6.58 Å². The largest absolute Gasteiger partial charge is 0.507 e. The van der Waals surface area contributed by atoms with Crippen LogP contribution in [0, 0.1) is 0 Å². The Hall–Kier alpha value is -3.29. The van der Waals surface area contributed by atoms with Gasteiger partial charge in [-0.15, -0.1) is 6.58 Å². The van der Waals surface area contributed by atoms with Gasteiger partial charge >= 0.3 is 18.1 Å². The molecule has 0 aromatic heterocycles. The Morgan fingerprint density at radius 3 is 2.10 bits per heavy atom. The number of allylic oxidation sites excluding steroid dienone is 1. The number of halogens is 3. The number of phenolic OH excluding ortho intramolecular Hbond substituents is 1. The number of alkyl halides is 3. The number of rotatable bonds is 20. The van der Waals surface area contributed by atoms with Gasteiger partial charge in [0.05, 0.1) is 5.56 Å². The van der Waals surface area contributed by atoms with Crippen molar-refractivity contribution in [1.82, 2.24) is 0 Å². The number of benzene rings is 2. The minimum Gasteiger partial charge on any atom is -0.507 e. The van der Waals surface area contributed by atoms with Crippen molar-refractivity contribution >= 4 is 11.9 Å². The maximum absolute atomic E-state index is 13.4. The minimum absolute atomic E-state index is 0.00582. The van der Waals surface area contributed by atoms with E-state index in [1.165, 1.54) is 62.4 Å². The normalized spacial score (nSPS) is 12.1. The molecule has 8 heteroatoms. The number of unbranched alkanes of at least 4 members (excludes halogenated alkanes) is 11.